The van der Waals surface area contributed by atoms with E-state index in [4.69, 9.17) is 0 Å². The van der Waals surface area contributed by atoms with E-state index in [0.717, 1.165) is 17.5 Å². The van der Waals surface area contributed by atoms with Gasteiger partial charge in [0.1, 0.15) is 6.29 Å². The zero-order chi connectivity index (χ0) is 9.26. The SMILES string of the molecule is Cc1nn(C2CCC2)cc1CC=O. The molecular weight excluding hydrogens is 164 g/mol. The van der Waals surface area contributed by atoms with Crippen molar-refractivity contribution in [3.63, 3.8) is 0 Å². The van der Waals surface area contributed by atoms with Gasteiger partial charge in [0.15, 0.2) is 0 Å². The lowest BCUT2D eigenvalue weighted by atomic mass is 9.93. The van der Waals surface area contributed by atoms with Crippen LogP contribution in [0.25, 0.3) is 0 Å². The topological polar surface area (TPSA) is 34.9 Å². The lowest BCUT2D eigenvalue weighted by Gasteiger charge is -2.25. The van der Waals surface area contributed by atoms with Crippen LogP contribution in [0.2, 0.25) is 0 Å². The summed E-state index contributed by atoms with van der Waals surface area (Å²) in [7, 11) is 0. The highest BCUT2D eigenvalue weighted by Crippen LogP contribution is 2.31. The molecule has 2 rings (SSSR count). The Balaban J connectivity index is 2.18. The molecule has 0 bridgehead atoms. The van der Waals surface area contributed by atoms with Crippen LogP contribution in [0.15, 0.2) is 6.20 Å². The number of hydrogen-bond acceptors (Lipinski definition) is 2. The van der Waals surface area contributed by atoms with Gasteiger partial charge < -0.3 is 4.79 Å². The number of aryl methyl sites for hydroxylation is 1. The molecule has 13 heavy (non-hydrogen) atoms. The summed E-state index contributed by atoms with van der Waals surface area (Å²) in [4.78, 5) is 10.4. The van der Waals surface area contributed by atoms with Crippen LogP contribution in [0.5, 0.6) is 0 Å². The Labute approximate surface area is 77.7 Å². The molecule has 3 heteroatoms. The summed E-state index contributed by atoms with van der Waals surface area (Å²) < 4.78 is 2.03. The highest BCUT2D eigenvalue weighted by molar-refractivity contribution is 5.55. The van der Waals surface area contributed by atoms with Crippen LogP contribution in [0, 0.1) is 6.92 Å². The third kappa shape index (κ3) is 1.50. The molecule has 0 atom stereocenters. The van der Waals surface area contributed by atoms with Crippen LogP contribution < -0.4 is 0 Å². The molecule has 1 aromatic heterocycles. The number of hydrogen-bond donors (Lipinski definition) is 0. The first kappa shape index (κ1) is 8.48. The van der Waals surface area contributed by atoms with Gasteiger partial charge >= 0.3 is 0 Å². The molecule has 1 aromatic rings. The van der Waals surface area contributed by atoms with Crippen LogP contribution in [-0.2, 0) is 11.2 Å². The molecule has 3 nitrogen and oxygen atoms in total. The van der Waals surface area contributed by atoms with Crippen molar-refractivity contribution in [1.82, 2.24) is 9.78 Å². The van der Waals surface area contributed by atoms with E-state index < -0.39 is 0 Å². The van der Waals surface area contributed by atoms with Gasteiger partial charge in [0.2, 0.25) is 0 Å². The fraction of sp³-hybridized carbons (Fsp3) is 0.600. The monoisotopic (exact) mass is 178 g/mol. The van der Waals surface area contributed by atoms with Gasteiger partial charge in [-0.15, -0.1) is 0 Å². The summed E-state index contributed by atoms with van der Waals surface area (Å²) >= 11 is 0. The van der Waals surface area contributed by atoms with Crippen LogP contribution in [-0.4, -0.2) is 16.1 Å². The van der Waals surface area contributed by atoms with Crippen molar-refractivity contribution in [2.45, 2.75) is 38.6 Å². The zero-order valence-electron chi connectivity index (χ0n) is 7.86. The largest absolute Gasteiger partial charge is 0.303 e. The predicted octanol–water partition coefficient (Wildman–Crippen LogP) is 1.66. The first-order valence-corrected chi connectivity index (χ1v) is 4.79. The fourth-order valence-electron chi connectivity index (χ4n) is 1.65. The van der Waals surface area contributed by atoms with Crippen molar-refractivity contribution >= 4 is 6.29 Å². The van der Waals surface area contributed by atoms with Gasteiger partial charge in [-0.2, -0.15) is 5.10 Å². The third-order valence-corrected chi connectivity index (χ3v) is 2.77. The summed E-state index contributed by atoms with van der Waals surface area (Å²) in [5.41, 5.74) is 2.07. The maximum atomic E-state index is 10.4. The molecule has 1 aliphatic carbocycles. The van der Waals surface area contributed by atoms with Crippen molar-refractivity contribution < 1.29 is 4.79 Å². The summed E-state index contributed by atoms with van der Waals surface area (Å²) in [5.74, 6) is 0. The molecule has 1 heterocycles. The Morgan fingerprint density at radius 2 is 2.46 bits per heavy atom. The van der Waals surface area contributed by atoms with Crippen LogP contribution in [0.4, 0.5) is 0 Å². The average Bonchev–Trinajstić information content (AvgIpc) is 2.30. The Kier molecular flexibility index (Phi) is 2.17. The van der Waals surface area contributed by atoms with E-state index in [9.17, 15) is 4.79 Å². The molecule has 0 aliphatic heterocycles. The minimum absolute atomic E-state index is 0.499. The second-order valence-corrected chi connectivity index (χ2v) is 3.68. The van der Waals surface area contributed by atoms with Crippen molar-refractivity contribution in [3.05, 3.63) is 17.5 Å². The predicted molar refractivity (Wildman–Crippen MR) is 49.6 cm³/mol. The lowest BCUT2D eigenvalue weighted by Crippen LogP contribution is -2.17. The van der Waals surface area contributed by atoms with Gasteiger partial charge in [-0.1, -0.05) is 0 Å². The summed E-state index contributed by atoms with van der Waals surface area (Å²) in [6, 6.07) is 0.596. The highest BCUT2D eigenvalue weighted by atomic mass is 16.1. The average molecular weight is 178 g/mol. The van der Waals surface area contributed by atoms with E-state index in [1.54, 1.807) is 0 Å². The number of carbonyl (C=O) groups excluding carboxylic acids is 1. The molecule has 0 aromatic carbocycles. The van der Waals surface area contributed by atoms with Crippen molar-refractivity contribution in [2.75, 3.05) is 0 Å². The second kappa shape index (κ2) is 3.32. The molecule has 0 radical (unpaired) electrons. The molecular formula is C10H14N2O. The zero-order valence-corrected chi connectivity index (χ0v) is 7.86. The molecule has 1 aliphatic rings. The summed E-state index contributed by atoms with van der Waals surface area (Å²) in [6.45, 7) is 1.97. The van der Waals surface area contributed by atoms with Gasteiger partial charge in [-0.25, -0.2) is 0 Å². The standard InChI is InChI=1S/C10H14N2O/c1-8-9(5-6-13)7-12(11-8)10-3-2-4-10/h6-7,10H,2-5H2,1H3. The quantitative estimate of drug-likeness (QED) is 0.660. The van der Waals surface area contributed by atoms with E-state index in [-0.39, 0.29) is 0 Å². The maximum absolute atomic E-state index is 10.4. The number of nitrogens with zero attached hydrogens (tertiary/aromatic N) is 2. The molecule has 70 valence electrons. The maximum Gasteiger partial charge on any atom is 0.124 e. The first-order valence-electron chi connectivity index (χ1n) is 4.79. The molecule has 0 unspecified atom stereocenters. The van der Waals surface area contributed by atoms with E-state index in [0.29, 0.717) is 12.5 Å². The van der Waals surface area contributed by atoms with Gasteiger partial charge in [-0.05, 0) is 26.2 Å². The van der Waals surface area contributed by atoms with Crippen molar-refractivity contribution in [1.29, 1.82) is 0 Å². The Morgan fingerprint density at radius 3 is 3.00 bits per heavy atom. The van der Waals surface area contributed by atoms with Gasteiger partial charge in [0, 0.05) is 18.2 Å². The van der Waals surface area contributed by atoms with Gasteiger partial charge in [0.05, 0.1) is 11.7 Å². The van der Waals surface area contributed by atoms with Crippen molar-refractivity contribution in [2.24, 2.45) is 0 Å². The highest BCUT2D eigenvalue weighted by Gasteiger charge is 2.20. The van der Waals surface area contributed by atoms with Crippen LogP contribution in [0.3, 0.4) is 0 Å². The third-order valence-electron chi connectivity index (χ3n) is 2.77. The van der Waals surface area contributed by atoms with Crippen LogP contribution in [0.1, 0.15) is 36.6 Å². The molecule has 1 saturated carbocycles. The smallest absolute Gasteiger partial charge is 0.124 e. The summed E-state index contributed by atoms with van der Waals surface area (Å²) in [5, 5.41) is 4.41. The molecule has 0 saturated heterocycles. The summed E-state index contributed by atoms with van der Waals surface area (Å²) in [6.07, 6.45) is 7.25. The lowest BCUT2D eigenvalue weighted by molar-refractivity contribution is -0.107. The van der Waals surface area contributed by atoms with E-state index >= 15 is 0 Å². The Bertz CT molecular complexity index is 313. The van der Waals surface area contributed by atoms with Crippen LogP contribution >= 0.6 is 0 Å². The number of aromatic nitrogens is 2. The normalized spacial score (nSPS) is 17.0. The minimum atomic E-state index is 0.499. The van der Waals surface area contributed by atoms with E-state index in [1.807, 2.05) is 17.8 Å². The molecule has 0 spiro atoms. The molecule has 0 amide bonds. The molecule has 1 fully saturated rings. The van der Waals surface area contributed by atoms with E-state index in [2.05, 4.69) is 5.10 Å². The van der Waals surface area contributed by atoms with Gasteiger partial charge in [0.25, 0.3) is 0 Å². The van der Waals surface area contributed by atoms with Gasteiger partial charge in [-0.3, -0.25) is 4.68 Å². The minimum Gasteiger partial charge on any atom is -0.303 e. The number of aldehydes is 1. The fourth-order valence-corrected chi connectivity index (χ4v) is 1.65. The van der Waals surface area contributed by atoms with E-state index in [1.165, 1.54) is 19.3 Å². The Morgan fingerprint density at radius 1 is 1.69 bits per heavy atom. The Hall–Kier alpha value is -1.12. The number of carbonyl (C=O) groups is 1. The second-order valence-electron chi connectivity index (χ2n) is 3.68. The first-order chi connectivity index (χ1) is 6.31. The molecule has 0 N–H and O–H groups in total. The number of rotatable bonds is 3. The van der Waals surface area contributed by atoms with Crippen molar-refractivity contribution in [3.8, 4) is 0 Å².